The molecule has 0 atom stereocenters. The lowest BCUT2D eigenvalue weighted by Gasteiger charge is -2.02. The molecule has 0 aliphatic rings. The van der Waals surface area contributed by atoms with Gasteiger partial charge in [0.05, 0.1) is 10.7 Å². The Morgan fingerprint density at radius 1 is 1.35 bits per heavy atom. The van der Waals surface area contributed by atoms with Crippen molar-refractivity contribution in [1.82, 2.24) is 15.3 Å². The molecule has 0 spiro atoms. The first-order chi connectivity index (χ1) is 9.79. The van der Waals surface area contributed by atoms with Crippen molar-refractivity contribution in [2.45, 2.75) is 32.6 Å². The van der Waals surface area contributed by atoms with Crippen LogP contribution in [0, 0.1) is 0 Å². The molecule has 0 fully saturated rings. The third-order valence-corrected chi connectivity index (χ3v) is 3.85. The van der Waals surface area contributed by atoms with Gasteiger partial charge in [0.15, 0.2) is 0 Å². The van der Waals surface area contributed by atoms with E-state index in [1.54, 1.807) is 23.7 Å². The lowest BCUT2D eigenvalue weighted by molar-refractivity contribution is -0.121. The molecule has 0 saturated heterocycles. The number of hydrogen-bond donors (Lipinski definition) is 1. The van der Waals surface area contributed by atoms with Gasteiger partial charge in [-0.2, -0.15) is 0 Å². The molecule has 1 N–H and O–H groups in total. The van der Waals surface area contributed by atoms with Crippen molar-refractivity contribution in [1.29, 1.82) is 0 Å². The Morgan fingerprint density at radius 3 is 2.90 bits per heavy atom. The quantitative estimate of drug-likeness (QED) is 0.797. The van der Waals surface area contributed by atoms with E-state index in [2.05, 4.69) is 22.2 Å². The zero-order valence-corrected chi connectivity index (χ0v) is 12.4. The average molecular weight is 289 g/mol. The first-order valence-electron chi connectivity index (χ1n) is 6.91. The van der Waals surface area contributed by atoms with E-state index in [-0.39, 0.29) is 5.91 Å². The maximum absolute atomic E-state index is 11.6. The monoisotopic (exact) mass is 289 g/mol. The number of rotatable bonds is 7. The Labute approximate surface area is 123 Å². The highest BCUT2D eigenvalue weighted by atomic mass is 32.1. The number of unbranched alkanes of at least 4 members (excludes halogenated alkanes) is 1. The van der Waals surface area contributed by atoms with Gasteiger partial charge in [-0.25, -0.2) is 4.98 Å². The summed E-state index contributed by atoms with van der Waals surface area (Å²) in [7, 11) is 0. The summed E-state index contributed by atoms with van der Waals surface area (Å²) in [5, 5.41) is 5.95. The number of carbonyl (C=O) groups is 1. The summed E-state index contributed by atoms with van der Waals surface area (Å²) in [6.07, 6.45) is 6.86. The Hall–Kier alpha value is -1.75. The normalized spacial score (nSPS) is 10.4. The van der Waals surface area contributed by atoms with Crippen molar-refractivity contribution < 1.29 is 4.79 Å². The van der Waals surface area contributed by atoms with Crippen molar-refractivity contribution in [3.8, 4) is 11.3 Å². The van der Waals surface area contributed by atoms with E-state index in [4.69, 9.17) is 0 Å². The Morgan fingerprint density at radius 2 is 2.15 bits per heavy atom. The van der Waals surface area contributed by atoms with E-state index in [0.717, 1.165) is 35.7 Å². The predicted octanol–water partition coefficient (Wildman–Crippen LogP) is 3.05. The third kappa shape index (κ3) is 4.42. The smallest absolute Gasteiger partial charge is 0.220 e. The molecular formula is C15H19N3OS. The van der Waals surface area contributed by atoms with E-state index < -0.39 is 0 Å². The number of amides is 1. The van der Waals surface area contributed by atoms with Gasteiger partial charge in [0.1, 0.15) is 0 Å². The van der Waals surface area contributed by atoms with Crippen LogP contribution >= 0.6 is 11.3 Å². The number of carbonyl (C=O) groups excluding carboxylic acids is 1. The lowest BCUT2D eigenvalue weighted by atomic mass is 10.2. The number of aryl methyl sites for hydroxylation is 1. The molecule has 0 aliphatic carbocycles. The van der Waals surface area contributed by atoms with E-state index in [1.165, 1.54) is 0 Å². The van der Waals surface area contributed by atoms with Gasteiger partial charge in [-0.15, -0.1) is 11.3 Å². The van der Waals surface area contributed by atoms with Crippen LogP contribution in [0.4, 0.5) is 0 Å². The van der Waals surface area contributed by atoms with Crippen LogP contribution in [-0.2, 0) is 11.2 Å². The minimum Gasteiger partial charge on any atom is -0.356 e. The average Bonchev–Trinajstić information content (AvgIpc) is 2.95. The molecule has 0 bridgehead atoms. The van der Waals surface area contributed by atoms with Crippen molar-refractivity contribution in [2.75, 3.05) is 6.54 Å². The summed E-state index contributed by atoms with van der Waals surface area (Å²) in [5.74, 6) is 0.110. The van der Waals surface area contributed by atoms with Crippen molar-refractivity contribution in [3.63, 3.8) is 0 Å². The molecule has 2 aromatic rings. The van der Waals surface area contributed by atoms with Crippen LogP contribution in [0.1, 0.15) is 31.2 Å². The molecule has 2 aromatic heterocycles. The Balaban J connectivity index is 1.83. The van der Waals surface area contributed by atoms with Gasteiger partial charge in [-0.1, -0.05) is 13.3 Å². The number of pyridine rings is 1. The van der Waals surface area contributed by atoms with Crippen LogP contribution < -0.4 is 5.32 Å². The van der Waals surface area contributed by atoms with Gasteiger partial charge in [0.2, 0.25) is 5.91 Å². The summed E-state index contributed by atoms with van der Waals surface area (Å²) in [6.45, 7) is 2.89. The summed E-state index contributed by atoms with van der Waals surface area (Å²) >= 11 is 1.60. The number of thiazole rings is 1. The summed E-state index contributed by atoms with van der Waals surface area (Å²) in [6, 6.07) is 3.88. The maximum atomic E-state index is 11.6. The second-order valence-corrected chi connectivity index (χ2v) is 5.51. The molecule has 4 nitrogen and oxygen atoms in total. The molecule has 2 rings (SSSR count). The van der Waals surface area contributed by atoms with Gasteiger partial charge in [-0.05, 0) is 18.6 Å². The fourth-order valence-electron chi connectivity index (χ4n) is 1.79. The fraction of sp³-hybridized carbons (Fsp3) is 0.400. The van der Waals surface area contributed by atoms with Crippen molar-refractivity contribution in [3.05, 3.63) is 34.9 Å². The molecule has 0 unspecified atom stereocenters. The van der Waals surface area contributed by atoms with Crippen LogP contribution in [0.2, 0.25) is 0 Å². The fourth-order valence-corrected chi connectivity index (χ4v) is 2.60. The van der Waals surface area contributed by atoms with Gasteiger partial charge in [-0.3, -0.25) is 9.78 Å². The van der Waals surface area contributed by atoms with Crippen LogP contribution in [0.15, 0.2) is 29.9 Å². The first kappa shape index (κ1) is 14.7. The Bertz CT molecular complexity index is 539. The molecule has 0 saturated carbocycles. The highest BCUT2D eigenvalue weighted by molar-refractivity contribution is 7.09. The minimum absolute atomic E-state index is 0.110. The summed E-state index contributed by atoms with van der Waals surface area (Å²) in [5.41, 5.74) is 2.02. The van der Waals surface area contributed by atoms with Gasteiger partial charge in [0.25, 0.3) is 0 Å². The van der Waals surface area contributed by atoms with Gasteiger partial charge >= 0.3 is 0 Å². The lowest BCUT2D eigenvalue weighted by Crippen LogP contribution is -2.24. The van der Waals surface area contributed by atoms with Crippen LogP contribution in [0.25, 0.3) is 11.3 Å². The molecule has 106 valence electrons. The van der Waals surface area contributed by atoms with Crippen LogP contribution in [0.5, 0.6) is 0 Å². The molecule has 0 radical (unpaired) electrons. The van der Waals surface area contributed by atoms with Gasteiger partial charge in [0, 0.05) is 42.7 Å². The zero-order chi connectivity index (χ0) is 14.2. The van der Waals surface area contributed by atoms with E-state index in [1.807, 2.05) is 17.5 Å². The zero-order valence-electron chi connectivity index (χ0n) is 11.6. The molecule has 2 heterocycles. The predicted molar refractivity (Wildman–Crippen MR) is 81.6 cm³/mol. The largest absolute Gasteiger partial charge is 0.356 e. The van der Waals surface area contributed by atoms with Crippen molar-refractivity contribution in [2.24, 2.45) is 0 Å². The number of nitrogens with zero attached hydrogens (tertiary/aromatic N) is 2. The van der Waals surface area contributed by atoms with Gasteiger partial charge < -0.3 is 5.32 Å². The Kier molecular flexibility index (Phi) is 5.68. The molecule has 0 aliphatic heterocycles. The molecular weight excluding hydrogens is 270 g/mol. The molecule has 5 heteroatoms. The summed E-state index contributed by atoms with van der Waals surface area (Å²) < 4.78 is 0. The second kappa shape index (κ2) is 7.75. The number of aromatic nitrogens is 2. The van der Waals surface area contributed by atoms with Crippen molar-refractivity contribution >= 4 is 17.2 Å². The molecule has 0 aromatic carbocycles. The second-order valence-electron chi connectivity index (χ2n) is 4.57. The minimum atomic E-state index is 0.110. The summed E-state index contributed by atoms with van der Waals surface area (Å²) in [4.78, 5) is 20.2. The SMILES string of the molecule is CCCCNC(=O)CCc1nc(-c2ccncc2)cs1. The molecule has 20 heavy (non-hydrogen) atoms. The van der Waals surface area contributed by atoms with Crippen LogP contribution in [-0.4, -0.2) is 22.4 Å². The topological polar surface area (TPSA) is 54.9 Å². The third-order valence-electron chi connectivity index (χ3n) is 2.95. The van der Waals surface area contributed by atoms with Crippen LogP contribution in [0.3, 0.4) is 0 Å². The first-order valence-corrected chi connectivity index (χ1v) is 7.79. The number of nitrogens with one attached hydrogen (secondary N) is 1. The standard InChI is InChI=1S/C15H19N3OS/c1-2-3-8-17-14(19)4-5-15-18-13(11-20-15)12-6-9-16-10-7-12/h6-7,9-11H,2-5,8H2,1H3,(H,17,19). The van der Waals surface area contributed by atoms with E-state index in [9.17, 15) is 4.79 Å². The highest BCUT2D eigenvalue weighted by Crippen LogP contribution is 2.21. The van der Waals surface area contributed by atoms with E-state index in [0.29, 0.717) is 12.8 Å². The maximum Gasteiger partial charge on any atom is 0.220 e. The highest BCUT2D eigenvalue weighted by Gasteiger charge is 2.07. The van der Waals surface area contributed by atoms with E-state index >= 15 is 0 Å². The number of hydrogen-bond acceptors (Lipinski definition) is 4. The molecule has 1 amide bonds.